The van der Waals surface area contributed by atoms with E-state index in [2.05, 4.69) is 24.4 Å². The fourth-order valence-electron chi connectivity index (χ4n) is 1.44. The van der Waals surface area contributed by atoms with Crippen LogP contribution in [0.3, 0.4) is 0 Å². The molecule has 0 bridgehead atoms. The van der Waals surface area contributed by atoms with Crippen LogP contribution in [0.15, 0.2) is 17.5 Å². The van der Waals surface area contributed by atoms with Gasteiger partial charge in [0.25, 0.3) is 0 Å². The maximum atomic E-state index is 5.37. The first-order valence-electron chi connectivity index (χ1n) is 4.99. The Bertz CT molecular complexity index is 206. The van der Waals surface area contributed by atoms with Crippen LogP contribution in [0.4, 0.5) is 0 Å². The molecule has 1 heterocycles. The van der Waals surface area contributed by atoms with Gasteiger partial charge in [-0.1, -0.05) is 13.0 Å². The molecular weight excluding hydrogens is 180 g/mol. The first kappa shape index (κ1) is 10.7. The van der Waals surface area contributed by atoms with Gasteiger partial charge in [-0.2, -0.15) is 0 Å². The lowest BCUT2D eigenvalue weighted by Gasteiger charge is -2.12. The molecule has 74 valence electrons. The van der Waals surface area contributed by atoms with Crippen molar-refractivity contribution in [1.82, 2.24) is 0 Å². The molecule has 1 rings (SSSR count). The summed E-state index contributed by atoms with van der Waals surface area (Å²) in [7, 11) is 0. The summed E-state index contributed by atoms with van der Waals surface area (Å²) in [5.41, 5.74) is 0. The summed E-state index contributed by atoms with van der Waals surface area (Å²) < 4.78 is 5.37. The van der Waals surface area contributed by atoms with Crippen molar-refractivity contribution in [1.29, 1.82) is 0 Å². The molecule has 13 heavy (non-hydrogen) atoms. The Kier molecular flexibility index (Phi) is 5.09. The van der Waals surface area contributed by atoms with Crippen LogP contribution >= 0.6 is 11.3 Å². The molecular formula is C11H18OS. The topological polar surface area (TPSA) is 9.23 Å². The summed E-state index contributed by atoms with van der Waals surface area (Å²) in [4.78, 5) is 1.50. The van der Waals surface area contributed by atoms with Crippen LogP contribution in [0.25, 0.3) is 0 Å². The van der Waals surface area contributed by atoms with Crippen molar-refractivity contribution in [3.8, 4) is 0 Å². The maximum absolute atomic E-state index is 5.37. The van der Waals surface area contributed by atoms with Gasteiger partial charge in [0.05, 0.1) is 0 Å². The van der Waals surface area contributed by atoms with Crippen LogP contribution in [0.5, 0.6) is 0 Å². The van der Waals surface area contributed by atoms with E-state index >= 15 is 0 Å². The van der Waals surface area contributed by atoms with Crippen molar-refractivity contribution in [2.45, 2.75) is 32.6 Å². The van der Waals surface area contributed by atoms with Gasteiger partial charge in [-0.05, 0) is 37.1 Å². The van der Waals surface area contributed by atoms with Crippen molar-refractivity contribution in [3.05, 3.63) is 22.4 Å². The zero-order valence-corrected chi connectivity index (χ0v) is 9.27. The predicted octanol–water partition coefficient (Wildman–Crippen LogP) is 3.67. The normalized spacial score (nSPS) is 13.1. The van der Waals surface area contributed by atoms with E-state index in [1.807, 2.05) is 18.3 Å². The first-order valence-corrected chi connectivity index (χ1v) is 5.87. The number of hydrogen-bond donors (Lipinski definition) is 0. The second-order valence-corrected chi connectivity index (χ2v) is 4.09. The largest absolute Gasteiger partial charge is 0.382 e. The molecule has 0 fully saturated rings. The van der Waals surface area contributed by atoms with Gasteiger partial charge < -0.3 is 4.74 Å². The quantitative estimate of drug-likeness (QED) is 0.634. The highest BCUT2D eigenvalue weighted by molar-refractivity contribution is 7.10. The molecule has 0 amide bonds. The summed E-state index contributed by atoms with van der Waals surface area (Å²) >= 11 is 1.86. The molecule has 2 heteroatoms. The molecule has 0 radical (unpaired) electrons. The Morgan fingerprint density at radius 3 is 2.85 bits per heavy atom. The minimum atomic E-state index is 0.701. The highest BCUT2D eigenvalue weighted by Gasteiger charge is 2.09. The Labute approximate surface area is 84.7 Å². The smallest absolute Gasteiger partial charge is 0.0472 e. The molecule has 1 aromatic heterocycles. The van der Waals surface area contributed by atoms with Crippen molar-refractivity contribution < 1.29 is 4.74 Å². The minimum absolute atomic E-state index is 0.701. The first-order chi connectivity index (χ1) is 6.38. The summed E-state index contributed by atoms with van der Waals surface area (Å²) in [5, 5.41) is 2.15. The molecule has 0 aliphatic carbocycles. The molecule has 1 unspecified atom stereocenters. The van der Waals surface area contributed by atoms with Gasteiger partial charge in [-0.3, -0.25) is 0 Å². The molecule has 0 aromatic carbocycles. The number of rotatable bonds is 6. The molecule has 1 nitrogen and oxygen atoms in total. The molecule has 0 N–H and O–H groups in total. The minimum Gasteiger partial charge on any atom is -0.382 e. The molecule has 0 aliphatic rings. The van der Waals surface area contributed by atoms with E-state index in [1.54, 1.807) is 0 Å². The van der Waals surface area contributed by atoms with Gasteiger partial charge in [0, 0.05) is 18.1 Å². The van der Waals surface area contributed by atoms with E-state index in [9.17, 15) is 0 Å². The molecule has 1 atom stereocenters. The summed E-state index contributed by atoms with van der Waals surface area (Å²) in [5.74, 6) is 0.701. The van der Waals surface area contributed by atoms with Crippen LogP contribution in [0.1, 0.15) is 37.5 Å². The molecule has 0 spiro atoms. The van der Waals surface area contributed by atoms with E-state index in [-0.39, 0.29) is 0 Å². The predicted molar refractivity (Wildman–Crippen MR) is 58.5 cm³/mol. The third kappa shape index (κ3) is 3.49. The zero-order chi connectivity index (χ0) is 9.52. The highest BCUT2D eigenvalue weighted by atomic mass is 32.1. The highest BCUT2D eigenvalue weighted by Crippen LogP contribution is 2.26. The van der Waals surface area contributed by atoms with Crippen LogP contribution in [0, 0.1) is 0 Å². The van der Waals surface area contributed by atoms with Crippen molar-refractivity contribution in [3.63, 3.8) is 0 Å². The molecule has 0 saturated carbocycles. The van der Waals surface area contributed by atoms with Crippen LogP contribution in [-0.4, -0.2) is 13.2 Å². The van der Waals surface area contributed by atoms with E-state index in [1.165, 1.54) is 11.3 Å². The van der Waals surface area contributed by atoms with E-state index in [0.717, 1.165) is 19.6 Å². The Morgan fingerprint density at radius 2 is 2.31 bits per heavy atom. The maximum Gasteiger partial charge on any atom is 0.0472 e. The lowest BCUT2D eigenvalue weighted by atomic mass is 10.0. The van der Waals surface area contributed by atoms with Gasteiger partial charge in [0.2, 0.25) is 0 Å². The van der Waals surface area contributed by atoms with Crippen LogP contribution in [0.2, 0.25) is 0 Å². The SMILES string of the molecule is CCOCCC(CC)c1cccs1. The van der Waals surface area contributed by atoms with Gasteiger partial charge in [0.15, 0.2) is 0 Å². The van der Waals surface area contributed by atoms with Gasteiger partial charge in [-0.15, -0.1) is 11.3 Å². The number of ether oxygens (including phenoxy) is 1. The van der Waals surface area contributed by atoms with Crippen LogP contribution in [-0.2, 0) is 4.74 Å². The monoisotopic (exact) mass is 198 g/mol. The Hall–Kier alpha value is -0.340. The third-order valence-electron chi connectivity index (χ3n) is 2.25. The third-order valence-corrected chi connectivity index (χ3v) is 3.29. The Morgan fingerprint density at radius 1 is 1.46 bits per heavy atom. The van der Waals surface area contributed by atoms with E-state index < -0.39 is 0 Å². The molecule has 0 saturated heterocycles. The summed E-state index contributed by atoms with van der Waals surface area (Å²) in [6, 6.07) is 4.36. The molecule has 0 aliphatic heterocycles. The standard InChI is InChI=1S/C11H18OS/c1-3-10(7-8-12-4-2)11-6-5-9-13-11/h5-6,9-10H,3-4,7-8H2,1-2H3. The fraction of sp³-hybridized carbons (Fsp3) is 0.636. The van der Waals surface area contributed by atoms with E-state index in [4.69, 9.17) is 4.74 Å². The van der Waals surface area contributed by atoms with Crippen molar-refractivity contribution >= 4 is 11.3 Å². The van der Waals surface area contributed by atoms with Gasteiger partial charge in [-0.25, -0.2) is 0 Å². The average Bonchev–Trinajstić information content (AvgIpc) is 2.65. The Balaban J connectivity index is 2.35. The van der Waals surface area contributed by atoms with Gasteiger partial charge >= 0.3 is 0 Å². The number of thiophene rings is 1. The summed E-state index contributed by atoms with van der Waals surface area (Å²) in [6.07, 6.45) is 2.37. The number of hydrogen-bond acceptors (Lipinski definition) is 2. The molecule has 1 aromatic rings. The van der Waals surface area contributed by atoms with Crippen molar-refractivity contribution in [2.24, 2.45) is 0 Å². The second kappa shape index (κ2) is 6.17. The van der Waals surface area contributed by atoms with E-state index in [0.29, 0.717) is 5.92 Å². The summed E-state index contributed by atoms with van der Waals surface area (Å²) in [6.45, 7) is 6.02. The lowest BCUT2D eigenvalue weighted by Crippen LogP contribution is -2.01. The van der Waals surface area contributed by atoms with Gasteiger partial charge in [0.1, 0.15) is 0 Å². The van der Waals surface area contributed by atoms with Crippen molar-refractivity contribution in [2.75, 3.05) is 13.2 Å². The fourth-order valence-corrected chi connectivity index (χ4v) is 2.39. The lowest BCUT2D eigenvalue weighted by molar-refractivity contribution is 0.139. The second-order valence-electron chi connectivity index (χ2n) is 3.11. The average molecular weight is 198 g/mol. The zero-order valence-electron chi connectivity index (χ0n) is 8.45. The van der Waals surface area contributed by atoms with Crippen LogP contribution < -0.4 is 0 Å².